The second-order valence-electron chi connectivity index (χ2n) is 6.65. The van der Waals surface area contributed by atoms with E-state index >= 15 is 0 Å². The van der Waals surface area contributed by atoms with Crippen molar-refractivity contribution in [1.29, 1.82) is 0 Å². The van der Waals surface area contributed by atoms with Crippen LogP contribution in [0.1, 0.15) is 12.8 Å². The van der Waals surface area contributed by atoms with Crippen LogP contribution in [0.4, 0.5) is 5.82 Å². The predicted octanol–water partition coefficient (Wildman–Crippen LogP) is 4.63. The highest BCUT2D eigenvalue weighted by Gasteiger charge is 2.33. The fourth-order valence-corrected chi connectivity index (χ4v) is 4.73. The molecule has 0 atom stereocenters. The monoisotopic (exact) mass is 388 g/mol. The number of hydrogen-bond acceptors (Lipinski definition) is 5. The number of aromatic amines is 1. The first-order valence-corrected chi connectivity index (χ1v) is 9.99. The van der Waals surface area contributed by atoms with Crippen molar-refractivity contribution in [3.8, 4) is 5.75 Å². The summed E-state index contributed by atoms with van der Waals surface area (Å²) in [6.07, 6.45) is 5.89. The van der Waals surface area contributed by atoms with Crippen molar-refractivity contribution < 1.29 is 4.74 Å². The smallest absolute Gasteiger partial charge is 0.142 e. The van der Waals surface area contributed by atoms with Gasteiger partial charge in [0, 0.05) is 35.0 Å². The number of rotatable bonds is 6. The van der Waals surface area contributed by atoms with E-state index in [0.717, 1.165) is 33.2 Å². The summed E-state index contributed by atoms with van der Waals surface area (Å²) >= 11 is 7.88. The maximum absolute atomic E-state index is 6.03. The molecule has 1 aromatic carbocycles. The van der Waals surface area contributed by atoms with Gasteiger partial charge in [-0.25, -0.2) is 9.97 Å². The zero-order chi connectivity index (χ0) is 18.1. The Kier molecular flexibility index (Phi) is 4.96. The van der Waals surface area contributed by atoms with Gasteiger partial charge >= 0.3 is 0 Å². The topological polar surface area (TPSA) is 54.0 Å². The number of fused-ring (bicyclic) bond motifs is 1. The number of benzene rings is 1. The van der Waals surface area contributed by atoms with Gasteiger partial charge in [-0.05, 0) is 43.0 Å². The largest absolute Gasteiger partial charge is 0.496 e. The molecule has 0 saturated heterocycles. The van der Waals surface area contributed by atoms with Gasteiger partial charge in [0.25, 0.3) is 0 Å². The molecule has 1 N–H and O–H groups in total. The fraction of sp³-hybridized carbons (Fsp3) is 0.368. The number of H-pyrrole nitrogens is 1. The number of methoxy groups -OCH3 is 1. The van der Waals surface area contributed by atoms with E-state index in [-0.39, 0.29) is 0 Å². The highest BCUT2D eigenvalue weighted by atomic mass is 35.5. The molecular formula is C19H21ClN4OS. The second-order valence-corrected chi connectivity index (χ2v) is 8.14. The highest BCUT2D eigenvalue weighted by Crippen LogP contribution is 2.40. The molecule has 0 aliphatic heterocycles. The molecule has 2 aromatic heterocycles. The van der Waals surface area contributed by atoms with Crippen molar-refractivity contribution in [2.24, 2.45) is 5.92 Å². The van der Waals surface area contributed by atoms with Crippen LogP contribution in [0, 0.1) is 5.92 Å². The Hall–Kier alpha value is -1.92. The van der Waals surface area contributed by atoms with E-state index in [1.807, 2.05) is 42.2 Å². The minimum atomic E-state index is 0.528. The molecule has 0 radical (unpaired) electrons. The SMILES string of the molecule is COc1cc(Cl)ccc1SC[C@H]1C[C@@H](N(C)c2ncnc3[nH]ccc23)C1. The van der Waals surface area contributed by atoms with Gasteiger partial charge in [0.1, 0.15) is 23.5 Å². The van der Waals surface area contributed by atoms with E-state index in [0.29, 0.717) is 17.0 Å². The number of anilines is 1. The van der Waals surface area contributed by atoms with Crippen LogP contribution in [-0.2, 0) is 0 Å². The maximum atomic E-state index is 6.03. The summed E-state index contributed by atoms with van der Waals surface area (Å²) in [6, 6.07) is 8.40. The first-order valence-electron chi connectivity index (χ1n) is 8.63. The van der Waals surface area contributed by atoms with E-state index < -0.39 is 0 Å². The summed E-state index contributed by atoms with van der Waals surface area (Å²) in [4.78, 5) is 15.4. The number of nitrogens with one attached hydrogen (secondary N) is 1. The van der Waals surface area contributed by atoms with Crippen molar-refractivity contribution in [2.45, 2.75) is 23.8 Å². The molecule has 1 saturated carbocycles. The maximum Gasteiger partial charge on any atom is 0.142 e. The lowest BCUT2D eigenvalue weighted by molar-refractivity contribution is 0.285. The molecule has 0 amide bonds. The summed E-state index contributed by atoms with van der Waals surface area (Å²) in [5.41, 5.74) is 0.892. The van der Waals surface area contributed by atoms with Gasteiger partial charge in [0.05, 0.1) is 12.5 Å². The first kappa shape index (κ1) is 17.5. The number of nitrogens with zero attached hydrogens (tertiary/aromatic N) is 3. The standard InChI is InChI=1S/C19H21ClN4OS/c1-24(19-15-5-6-21-18(15)22-11-23-19)14-7-12(8-14)10-26-17-4-3-13(20)9-16(17)25-2/h3-6,9,11-12,14H,7-8,10H2,1-2H3,(H,21,22,23)/t12-,14+. The zero-order valence-corrected chi connectivity index (χ0v) is 16.3. The molecule has 1 aliphatic rings. The molecule has 2 heterocycles. The predicted molar refractivity (Wildman–Crippen MR) is 108 cm³/mol. The first-order chi connectivity index (χ1) is 12.7. The minimum Gasteiger partial charge on any atom is -0.496 e. The molecule has 7 heteroatoms. The number of ether oxygens (including phenoxy) is 1. The molecule has 5 nitrogen and oxygen atoms in total. The lowest BCUT2D eigenvalue weighted by Gasteiger charge is -2.41. The molecule has 0 unspecified atom stereocenters. The highest BCUT2D eigenvalue weighted by molar-refractivity contribution is 7.99. The van der Waals surface area contributed by atoms with Crippen molar-refractivity contribution in [1.82, 2.24) is 15.0 Å². The van der Waals surface area contributed by atoms with Crippen LogP contribution in [0.15, 0.2) is 41.7 Å². The lowest BCUT2D eigenvalue weighted by atomic mass is 9.81. The molecule has 0 bridgehead atoms. The average Bonchev–Trinajstić information content (AvgIpc) is 3.09. The second kappa shape index (κ2) is 7.37. The number of aromatic nitrogens is 3. The van der Waals surface area contributed by atoms with Gasteiger partial charge in [0.15, 0.2) is 0 Å². The summed E-state index contributed by atoms with van der Waals surface area (Å²) < 4.78 is 5.43. The number of thioether (sulfide) groups is 1. The molecule has 26 heavy (non-hydrogen) atoms. The Bertz CT molecular complexity index is 909. The Balaban J connectivity index is 1.35. The van der Waals surface area contributed by atoms with E-state index in [1.54, 1.807) is 13.4 Å². The normalized spacial score (nSPS) is 19.3. The van der Waals surface area contributed by atoms with Crippen molar-refractivity contribution in [3.63, 3.8) is 0 Å². The summed E-state index contributed by atoms with van der Waals surface area (Å²) in [5.74, 6) is 3.65. The Morgan fingerprint density at radius 2 is 2.15 bits per heavy atom. The molecule has 3 aromatic rings. The molecule has 1 aliphatic carbocycles. The van der Waals surface area contributed by atoms with Crippen LogP contribution < -0.4 is 9.64 Å². The number of hydrogen-bond donors (Lipinski definition) is 1. The third kappa shape index (κ3) is 3.35. The van der Waals surface area contributed by atoms with Crippen LogP contribution in [-0.4, -0.2) is 40.9 Å². The summed E-state index contributed by atoms with van der Waals surface area (Å²) in [6.45, 7) is 0. The molecular weight excluding hydrogens is 368 g/mol. The van der Waals surface area contributed by atoms with Gasteiger partial charge < -0.3 is 14.6 Å². The van der Waals surface area contributed by atoms with Crippen LogP contribution in [0.5, 0.6) is 5.75 Å². The quantitative estimate of drug-likeness (QED) is 0.624. The average molecular weight is 389 g/mol. The molecule has 136 valence electrons. The van der Waals surface area contributed by atoms with E-state index in [9.17, 15) is 0 Å². The third-order valence-corrected chi connectivity index (χ3v) is 6.55. The van der Waals surface area contributed by atoms with Gasteiger partial charge in [-0.1, -0.05) is 11.6 Å². The number of halogens is 1. The van der Waals surface area contributed by atoms with Gasteiger partial charge in [-0.3, -0.25) is 0 Å². The van der Waals surface area contributed by atoms with Gasteiger partial charge in [0.2, 0.25) is 0 Å². The lowest BCUT2D eigenvalue weighted by Crippen LogP contribution is -2.43. The van der Waals surface area contributed by atoms with Crippen molar-refractivity contribution in [3.05, 3.63) is 41.8 Å². The van der Waals surface area contributed by atoms with E-state index in [1.165, 1.54) is 12.8 Å². The Labute approximate surface area is 162 Å². The molecule has 4 rings (SSSR count). The van der Waals surface area contributed by atoms with Gasteiger partial charge in [-0.2, -0.15) is 0 Å². The van der Waals surface area contributed by atoms with Crippen LogP contribution in [0.2, 0.25) is 5.02 Å². The van der Waals surface area contributed by atoms with Crippen molar-refractivity contribution in [2.75, 3.05) is 24.8 Å². The fourth-order valence-electron chi connectivity index (χ4n) is 3.43. The minimum absolute atomic E-state index is 0.528. The Morgan fingerprint density at radius 1 is 1.31 bits per heavy atom. The molecule has 0 spiro atoms. The summed E-state index contributed by atoms with van der Waals surface area (Å²) in [7, 11) is 3.82. The van der Waals surface area contributed by atoms with Crippen LogP contribution in [0.25, 0.3) is 11.0 Å². The zero-order valence-electron chi connectivity index (χ0n) is 14.8. The Morgan fingerprint density at radius 3 is 2.96 bits per heavy atom. The third-order valence-electron chi connectivity index (χ3n) is 5.03. The van der Waals surface area contributed by atoms with Crippen LogP contribution in [0.3, 0.4) is 0 Å². The molecule has 1 fully saturated rings. The van der Waals surface area contributed by atoms with Crippen molar-refractivity contribution >= 4 is 40.2 Å². The van der Waals surface area contributed by atoms with Crippen LogP contribution >= 0.6 is 23.4 Å². The summed E-state index contributed by atoms with van der Waals surface area (Å²) in [5, 5.41) is 1.79. The van der Waals surface area contributed by atoms with Gasteiger partial charge in [-0.15, -0.1) is 11.8 Å². The van der Waals surface area contributed by atoms with E-state index in [2.05, 4.69) is 26.9 Å². The van der Waals surface area contributed by atoms with E-state index in [4.69, 9.17) is 16.3 Å².